The number of benzene rings is 2. The lowest BCUT2D eigenvalue weighted by Gasteiger charge is -2.09. The average Bonchev–Trinajstić information content (AvgIpc) is 2.41. The fourth-order valence-electron chi connectivity index (χ4n) is 1.71. The summed E-state index contributed by atoms with van der Waals surface area (Å²) in [5, 5.41) is 11.2. The molecule has 1 amide bonds. The molecule has 0 radical (unpaired) electrons. The predicted octanol–water partition coefficient (Wildman–Crippen LogP) is 3.57. The van der Waals surface area contributed by atoms with Crippen LogP contribution in [0.1, 0.15) is 20.7 Å². The van der Waals surface area contributed by atoms with Gasteiger partial charge in [-0.2, -0.15) is 0 Å². The first-order valence-corrected chi connectivity index (χ1v) is 6.06. The molecule has 0 saturated heterocycles. The Balaban J connectivity index is 2.39. The van der Waals surface area contributed by atoms with E-state index in [1.807, 2.05) is 0 Å². The van der Waals surface area contributed by atoms with Gasteiger partial charge in [-0.3, -0.25) is 4.79 Å². The summed E-state index contributed by atoms with van der Waals surface area (Å²) < 4.78 is 27.0. The summed E-state index contributed by atoms with van der Waals surface area (Å²) in [4.78, 5) is 22.9. The van der Waals surface area contributed by atoms with Crippen molar-refractivity contribution in [2.75, 3.05) is 5.32 Å². The molecule has 2 N–H and O–H groups in total. The van der Waals surface area contributed by atoms with Crippen LogP contribution in [0.4, 0.5) is 14.5 Å². The lowest BCUT2D eigenvalue weighted by atomic mass is 10.1. The van der Waals surface area contributed by atoms with Crippen LogP contribution in [0.3, 0.4) is 0 Å². The maximum Gasteiger partial charge on any atom is 0.340 e. The number of hydrogen-bond acceptors (Lipinski definition) is 2. The van der Waals surface area contributed by atoms with Crippen LogP contribution in [-0.4, -0.2) is 17.0 Å². The Kier molecular flexibility index (Phi) is 4.18. The highest BCUT2D eigenvalue weighted by molar-refractivity contribution is 6.31. The molecular weight excluding hydrogens is 304 g/mol. The van der Waals surface area contributed by atoms with Crippen molar-refractivity contribution >= 4 is 29.2 Å². The zero-order valence-corrected chi connectivity index (χ0v) is 11.1. The first-order chi connectivity index (χ1) is 9.90. The number of halogens is 3. The monoisotopic (exact) mass is 311 g/mol. The SMILES string of the molecule is O=C(Nc1cccc(F)c1C(=O)O)c1cc(Cl)ccc1F. The number of carboxylic acids is 1. The van der Waals surface area contributed by atoms with Crippen molar-refractivity contribution in [2.24, 2.45) is 0 Å². The number of hydrogen-bond donors (Lipinski definition) is 2. The Morgan fingerprint density at radius 1 is 1.10 bits per heavy atom. The minimum absolute atomic E-state index is 0.138. The third-order valence-corrected chi connectivity index (χ3v) is 2.88. The molecule has 4 nitrogen and oxygen atoms in total. The minimum Gasteiger partial charge on any atom is -0.478 e. The van der Waals surface area contributed by atoms with Crippen LogP contribution in [0.15, 0.2) is 36.4 Å². The zero-order valence-electron chi connectivity index (χ0n) is 10.4. The van der Waals surface area contributed by atoms with Gasteiger partial charge in [-0.05, 0) is 30.3 Å². The van der Waals surface area contributed by atoms with Crippen LogP contribution in [0, 0.1) is 11.6 Å². The van der Waals surface area contributed by atoms with Crippen LogP contribution < -0.4 is 5.32 Å². The topological polar surface area (TPSA) is 66.4 Å². The summed E-state index contributed by atoms with van der Waals surface area (Å²) in [5.41, 5.74) is -1.34. The largest absolute Gasteiger partial charge is 0.478 e. The van der Waals surface area contributed by atoms with Crippen LogP contribution in [0.2, 0.25) is 5.02 Å². The average molecular weight is 312 g/mol. The maximum absolute atomic E-state index is 13.6. The second-order valence-electron chi connectivity index (χ2n) is 4.05. The highest BCUT2D eigenvalue weighted by Gasteiger charge is 2.19. The molecule has 2 aromatic carbocycles. The Morgan fingerprint density at radius 2 is 1.81 bits per heavy atom. The first-order valence-electron chi connectivity index (χ1n) is 5.68. The summed E-state index contributed by atoms with van der Waals surface area (Å²) in [6.45, 7) is 0. The van der Waals surface area contributed by atoms with E-state index in [4.69, 9.17) is 16.7 Å². The quantitative estimate of drug-likeness (QED) is 0.910. The number of anilines is 1. The molecule has 0 aliphatic rings. The van der Waals surface area contributed by atoms with Crippen molar-refractivity contribution in [1.82, 2.24) is 0 Å². The number of aromatic carboxylic acids is 1. The molecule has 0 fully saturated rings. The molecule has 2 rings (SSSR count). The molecule has 7 heteroatoms. The van der Waals surface area contributed by atoms with Gasteiger partial charge in [0.2, 0.25) is 0 Å². The van der Waals surface area contributed by atoms with Gasteiger partial charge in [-0.25, -0.2) is 13.6 Å². The van der Waals surface area contributed by atoms with E-state index in [0.29, 0.717) is 0 Å². The summed E-state index contributed by atoms with van der Waals surface area (Å²) >= 11 is 5.67. The fourth-order valence-corrected chi connectivity index (χ4v) is 1.88. The Hall–Kier alpha value is -2.47. The Morgan fingerprint density at radius 3 is 2.48 bits per heavy atom. The summed E-state index contributed by atoms with van der Waals surface area (Å²) in [5.74, 6) is -4.31. The predicted molar refractivity (Wildman–Crippen MR) is 72.7 cm³/mol. The van der Waals surface area contributed by atoms with Crippen molar-refractivity contribution in [3.63, 3.8) is 0 Å². The van der Waals surface area contributed by atoms with Gasteiger partial charge in [0.15, 0.2) is 0 Å². The Labute approximate surface area is 123 Å². The van der Waals surface area contributed by atoms with E-state index in [2.05, 4.69) is 5.32 Å². The lowest BCUT2D eigenvalue weighted by molar-refractivity contribution is 0.0693. The molecule has 0 heterocycles. The van der Waals surface area contributed by atoms with E-state index in [-0.39, 0.29) is 16.3 Å². The number of carbonyl (C=O) groups is 2. The zero-order chi connectivity index (χ0) is 15.6. The third-order valence-electron chi connectivity index (χ3n) is 2.65. The minimum atomic E-state index is -1.55. The van der Waals surface area contributed by atoms with E-state index < -0.39 is 29.1 Å². The lowest BCUT2D eigenvalue weighted by Crippen LogP contribution is -2.17. The standard InChI is InChI=1S/C14H8ClF2NO3/c15-7-4-5-9(16)8(6-7)13(19)18-11-3-1-2-10(17)12(11)14(20)21/h1-6H,(H,18,19)(H,20,21). The molecule has 0 aromatic heterocycles. The van der Waals surface area contributed by atoms with Crippen LogP contribution in [0.5, 0.6) is 0 Å². The number of rotatable bonds is 3. The molecule has 0 atom stereocenters. The van der Waals surface area contributed by atoms with Crippen molar-refractivity contribution in [2.45, 2.75) is 0 Å². The summed E-state index contributed by atoms with van der Waals surface area (Å²) in [6, 6.07) is 6.73. The van der Waals surface area contributed by atoms with Crippen LogP contribution in [0.25, 0.3) is 0 Å². The summed E-state index contributed by atoms with van der Waals surface area (Å²) in [6.07, 6.45) is 0. The van der Waals surface area contributed by atoms with Gasteiger partial charge in [0.1, 0.15) is 17.2 Å². The van der Waals surface area contributed by atoms with Gasteiger partial charge in [-0.1, -0.05) is 17.7 Å². The molecule has 0 aliphatic carbocycles. The smallest absolute Gasteiger partial charge is 0.340 e. The van der Waals surface area contributed by atoms with Gasteiger partial charge in [0, 0.05) is 5.02 Å². The number of nitrogens with one attached hydrogen (secondary N) is 1. The molecule has 0 spiro atoms. The molecular formula is C14H8ClF2NO3. The molecule has 0 unspecified atom stereocenters. The van der Waals surface area contributed by atoms with Gasteiger partial charge < -0.3 is 10.4 Å². The number of carboxylic acid groups (broad SMARTS) is 1. The van der Waals surface area contributed by atoms with Gasteiger partial charge >= 0.3 is 5.97 Å². The van der Waals surface area contributed by atoms with Gasteiger partial charge in [0.25, 0.3) is 5.91 Å². The number of carbonyl (C=O) groups excluding carboxylic acids is 1. The van der Waals surface area contributed by atoms with Crippen LogP contribution >= 0.6 is 11.6 Å². The number of amides is 1. The van der Waals surface area contributed by atoms with E-state index in [0.717, 1.165) is 18.2 Å². The fraction of sp³-hybridized carbons (Fsp3) is 0. The van der Waals surface area contributed by atoms with Crippen molar-refractivity contribution < 1.29 is 23.5 Å². The van der Waals surface area contributed by atoms with Crippen molar-refractivity contribution in [3.8, 4) is 0 Å². The first kappa shape index (κ1) is 14.9. The molecule has 0 bridgehead atoms. The van der Waals surface area contributed by atoms with E-state index in [1.165, 1.54) is 18.2 Å². The van der Waals surface area contributed by atoms with Gasteiger partial charge in [0.05, 0.1) is 11.3 Å². The highest BCUT2D eigenvalue weighted by Crippen LogP contribution is 2.21. The van der Waals surface area contributed by atoms with E-state index in [9.17, 15) is 18.4 Å². The highest BCUT2D eigenvalue weighted by atomic mass is 35.5. The maximum atomic E-state index is 13.6. The second kappa shape index (κ2) is 5.88. The van der Waals surface area contributed by atoms with E-state index in [1.54, 1.807) is 0 Å². The summed E-state index contributed by atoms with van der Waals surface area (Å²) in [7, 11) is 0. The van der Waals surface area contributed by atoms with Crippen molar-refractivity contribution in [3.05, 3.63) is 64.2 Å². The van der Waals surface area contributed by atoms with Gasteiger partial charge in [-0.15, -0.1) is 0 Å². The second-order valence-corrected chi connectivity index (χ2v) is 4.48. The van der Waals surface area contributed by atoms with E-state index >= 15 is 0 Å². The molecule has 0 saturated carbocycles. The third kappa shape index (κ3) is 3.17. The molecule has 2 aromatic rings. The Bertz CT molecular complexity index is 734. The van der Waals surface area contributed by atoms with Crippen LogP contribution in [-0.2, 0) is 0 Å². The molecule has 108 valence electrons. The normalized spacial score (nSPS) is 10.2. The molecule has 21 heavy (non-hydrogen) atoms. The molecule has 0 aliphatic heterocycles. The van der Waals surface area contributed by atoms with Crippen molar-refractivity contribution in [1.29, 1.82) is 0 Å².